The van der Waals surface area contributed by atoms with Crippen LogP contribution in [0.2, 0.25) is 10.0 Å². The number of nitrogens with one attached hydrogen (secondary N) is 1. The molecule has 0 saturated heterocycles. The lowest BCUT2D eigenvalue weighted by Crippen LogP contribution is -2.15. The van der Waals surface area contributed by atoms with E-state index in [2.05, 4.69) is 5.32 Å². The summed E-state index contributed by atoms with van der Waals surface area (Å²) in [6.07, 6.45) is 0. The largest absolute Gasteiger partial charge is 0.461 e. The number of nitrogens with zero attached hydrogens (tertiary/aromatic N) is 1. The Morgan fingerprint density at radius 1 is 1.03 bits per heavy atom. The van der Waals surface area contributed by atoms with E-state index in [9.17, 15) is 9.59 Å². The van der Waals surface area contributed by atoms with Crippen LogP contribution >= 0.6 is 23.2 Å². The second-order valence-electron chi connectivity index (χ2n) is 6.81. The molecule has 0 bridgehead atoms. The van der Waals surface area contributed by atoms with Crippen molar-refractivity contribution in [1.29, 1.82) is 0 Å². The van der Waals surface area contributed by atoms with Gasteiger partial charge in [-0.25, -0.2) is 4.79 Å². The molecular weight excluding hydrogens is 423 g/mol. The minimum Gasteiger partial charge on any atom is -0.461 e. The normalized spacial score (nSPS) is 10.7. The van der Waals surface area contributed by atoms with Gasteiger partial charge in [0.2, 0.25) is 0 Å². The predicted octanol–water partition coefficient (Wildman–Crippen LogP) is 5.89. The van der Waals surface area contributed by atoms with Gasteiger partial charge in [-0.1, -0.05) is 53.5 Å². The van der Waals surface area contributed by atoms with Crippen LogP contribution in [0.5, 0.6) is 0 Å². The molecule has 0 radical (unpaired) electrons. The Bertz CT molecular complexity index is 1090. The van der Waals surface area contributed by atoms with Crippen molar-refractivity contribution in [3.05, 3.63) is 86.7 Å². The van der Waals surface area contributed by atoms with Crippen LogP contribution in [-0.2, 0) is 11.3 Å². The highest BCUT2D eigenvalue weighted by atomic mass is 35.5. The van der Waals surface area contributed by atoms with E-state index in [-0.39, 0.29) is 12.5 Å². The van der Waals surface area contributed by atoms with Crippen LogP contribution < -0.4 is 5.32 Å². The Kier molecular flexibility index (Phi) is 6.85. The van der Waals surface area contributed by atoms with Gasteiger partial charge in [-0.15, -0.1) is 0 Å². The predicted molar refractivity (Wildman–Crippen MR) is 120 cm³/mol. The first-order valence-electron chi connectivity index (χ1n) is 9.50. The molecule has 2 aromatic carbocycles. The van der Waals surface area contributed by atoms with Crippen molar-refractivity contribution in [3.8, 4) is 0 Å². The number of ether oxygens (including phenoxy) is 1. The quantitative estimate of drug-likeness (QED) is 0.482. The molecular formula is C23H22Cl2N2O3. The van der Waals surface area contributed by atoms with Crippen LogP contribution in [0.15, 0.2) is 48.5 Å². The van der Waals surface area contributed by atoms with Crippen LogP contribution in [0.25, 0.3) is 0 Å². The molecule has 1 heterocycles. The Morgan fingerprint density at radius 2 is 1.73 bits per heavy atom. The van der Waals surface area contributed by atoms with E-state index >= 15 is 0 Å². The summed E-state index contributed by atoms with van der Waals surface area (Å²) in [6, 6.07) is 14.6. The van der Waals surface area contributed by atoms with Gasteiger partial charge in [0.15, 0.2) is 0 Å². The highest BCUT2D eigenvalue weighted by Gasteiger charge is 2.27. The summed E-state index contributed by atoms with van der Waals surface area (Å²) in [7, 11) is 0. The van der Waals surface area contributed by atoms with Gasteiger partial charge in [0.1, 0.15) is 5.69 Å². The molecule has 5 nitrogen and oxygen atoms in total. The van der Waals surface area contributed by atoms with Gasteiger partial charge in [-0.2, -0.15) is 0 Å². The zero-order valence-electron chi connectivity index (χ0n) is 17.0. The molecule has 0 saturated carbocycles. The van der Waals surface area contributed by atoms with Gasteiger partial charge in [-0.3, -0.25) is 4.79 Å². The molecule has 0 fully saturated rings. The third-order valence-corrected chi connectivity index (χ3v) is 5.56. The topological polar surface area (TPSA) is 60.3 Å². The molecule has 1 aromatic heterocycles. The number of hydrogen-bond donors (Lipinski definition) is 1. The molecule has 3 rings (SSSR count). The molecule has 0 atom stereocenters. The average molecular weight is 445 g/mol. The fourth-order valence-electron chi connectivity index (χ4n) is 3.42. The molecule has 3 aromatic rings. The number of esters is 1. The number of aromatic nitrogens is 1. The van der Waals surface area contributed by atoms with Crippen molar-refractivity contribution in [1.82, 2.24) is 4.57 Å². The van der Waals surface area contributed by atoms with Crippen molar-refractivity contribution in [2.75, 3.05) is 11.9 Å². The number of anilines is 1. The standard InChI is InChI=1S/C23H22Cl2N2O3/c1-4-30-23(29)21-14(2)20(15(3)27(21)13-16-8-6-5-7-9-16)22(28)26-17-10-11-18(24)19(25)12-17/h5-12H,4,13H2,1-3H3,(H,26,28). The summed E-state index contributed by atoms with van der Waals surface area (Å²) in [5.41, 5.74) is 3.58. The molecule has 0 aliphatic heterocycles. The fraction of sp³-hybridized carbons (Fsp3) is 0.217. The van der Waals surface area contributed by atoms with Gasteiger partial charge in [-0.05, 0) is 50.1 Å². The summed E-state index contributed by atoms with van der Waals surface area (Å²) in [4.78, 5) is 25.8. The van der Waals surface area contributed by atoms with Crippen LogP contribution in [-0.4, -0.2) is 23.1 Å². The first kappa shape index (κ1) is 21.9. The number of amides is 1. The van der Waals surface area contributed by atoms with E-state index in [0.717, 1.165) is 5.56 Å². The smallest absolute Gasteiger partial charge is 0.355 e. The summed E-state index contributed by atoms with van der Waals surface area (Å²) in [5.74, 6) is -0.789. The lowest BCUT2D eigenvalue weighted by atomic mass is 10.1. The number of rotatable bonds is 6. The number of carbonyl (C=O) groups is 2. The molecule has 0 unspecified atom stereocenters. The maximum atomic E-state index is 13.1. The summed E-state index contributed by atoms with van der Waals surface area (Å²) >= 11 is 12.0. The summed E-state index contributed by atoms with van der Waals surface area (Å²) < 4.78 is 7.08. The highest BCUT2D eigenvalue weighted by molar-refractivity contribution is 6.42. The minimum absolute atomic E-state index is 0.249. The third kappa shape index (κ3) is 4.53. The molecule has 1 amide bonds. The molecule has 7 heteroatoms. The van der Waals surface area contributed by atoms with E-state index < -0.39 is 5.97 Å². The maximum absolute atomic E-state index is 13.1. The van der Waals surface area contributed by atoms with Gasteiger partial charge < -0.3 is 14.6 Å². The fourth-order valence-corrected chi connectivity index (χ4v) is 3.72. The SMILES string of the molecule is CCOC(=O)c1c(C)c(C(=O)Nc2ccc(Cl)c(Cl)c2)c(C)n1Cc1ccccc1. The Labute approximate surface area is 185 Å². The molecule has 0 aliphatic carbocycles. The van der Waals surface area contributed by atoms with Crippen molar-refractivity contribution >= 4 is 40.8 Å². The summed E-state index contributed by atoms with van der Waals surface area (Å²) in [6.45, 7) is 6.02. The molecule has 156 valence electrons. The van der Waals surface area contributed by atoms with Crippen molar-refractivity contribution in [3.63, 3.8) is 0 Å². The average Bonchev–Trinajstić information content (AvgIpc) is 2.95. The number of halogens is 2. The van der Waals surface area contributed by atoms with E-state index in [1.165, 1.54) is 0 Å². The van der Waals surface area contributed by atoms with Gasteiger partial charge in [0.05, 0.1) is 22.2 Å². The summed E-state index contributed by atoms with van der Waals surface area (Å²) in [5, 5.41) is 3.58. The van der Waals surface area contributed by atoms with E-state index in [4.69, 9.17) is 27.9 Å². The lowest BCUT2D eigenvalue weighted by molar-refractivity contribution is 0.0513. The third-order valence-electron chi connectivity index (χ3n) is 4.82. The van der Waals surface area contributed by atoms with Gasteiger partial charge in [0.25, 0.3) is 5.91 Å². The van der Waals surface area contributed by atoms with Crippen molar-refractivity contribution < 1.29 is 14.3 Å². The number of hydrogen-bond acceptors (Lipinski definition) is 3. The van der Waals surface area contributed by atoms with Crippen molar-refractivity contribution in [2.45, 2.75) is 27.3 Å². The minimum atomic E-state index is -0.456. The molecule has 0 spiro atoms. The maximum Gasteiger partial charge on any atom is 0.355 e. The zero-order valence-corrected chi connectivity index (χ0v) is 18.5. The monoisotopic (exact) mass is 444 g/mol. The molecule has 30 heavy (non-hydrogen) atoms. The lowest BCUT2D eigenvalue weighted by Gasteiger charge is -2.12. The molecule has 1 N–H and O–H groups in total. The van der Waals surface area contributed by atoms with Crippen LogP contribution in [0.3, 0.4) is 0 Å². The van der Waals surface area contributed by atoms with Gasteiger partial charge >= 0.3 is 5.97 Å². The first-order valence-corrected chi connectivity index (χ1v) is 10.3. The Balaban J connectivity index is 2.03. The van der Waals surface area contributed by atoms with E-state index in [1.807, 2.05) is 41.8 Å². The second-order valence-corrected chi connectivity index (χ2v) is 7.62. The van der Waals surface area contributed by atoms with E-state index in [1.54, 1.807) is 32.0 Å². The zero-order chi connectivity index (χ0) is 21.8. The Morgan fingerprint density at radius 3 is 2.37 bits per heavy atom. The van der Waals surface area contributed by atoms with Crippen molar-refractivity contribution in [2.24, 2.45) is 0 Å². The highest BCUT2D eigenvalue weighted by Crippen LogP contribution is 2.28. The Hall–Kier alpha value is -2.76. The van der Waals surface area contributed by atoms with Crippen LogP contribution in [0, 0.1) is 13.8 Å². The van der Waals surface area contributed by atoms with Gasteiger partial charge in [0, 0.05) is 17.9 Å². The van der Waals surface area contributed by atoms with E-state index in [0.29, 0.717) is 44.8 Å². The number of benzene rings is 2. The van der Waals surface area contributed by atoms with Crippen LogP contribution in [0.4, 0.5) is 5.69 Å². The number of carbonyl (C=O) groups excluding carboxylic acids is 2. The second kappa shape index (κ2) is 9.37. The van der Waals surface area contributed by atoms with Crippen LogP contribution in [0.1, 0.15) is 44.6 Å². The molecule has 0 aliphatic rings. The first-order chi connectivity index (χ1) is 14.3.